The third-order valence-corrected chi connectivity index (χ3v) is 3.08. The SMILES string of the molecule is CCOc1ccccc1NC(=O)Nc1ccc(N(C)C)cc1. The summed E-state index contributed by atoms with van der Waals surface area (Å²) in [7, 11) is 3.94. The van der Waals surface area contributed by atoms with E-state index in [1.807, 2.05) is 68.4 Å². The molecule has 0 unspecified atom stereocenters. The minimum absolute atomic E-state index is 0.301. The van der Waals surface area contributed by atoms with E-state index >= 15 is 0 Å². The van der Waals surface area contributed by atoms with Crippen molar-refractivity contribution in [2.45, 2.75) is 6.92 Å². The summed E-state index contributed by atoms with van der Waals surface area (Å²) >= 11 is 0. The van der Waals surface area contributed by atoms with Gasteiger partial charge in [0.1, 0.15) is 5.75 Å². The number of nitrogens with one attached hydrogen (secondary N) is 2. The van der Waals surface area contributed by atoms with Crippen LogP contribution in [0, 0.1) is 0 Å². The first-order chi connectivity index (χ1) is 10.6. The Morgan fingerprint density at radius 2 is 1.73 bits per heavy atom. The number of urea groups is 1. The van der Waals surface area contributed by atoms with E-state index in [4.69, 9.17) is 4.74 Å². The van der Waals surface area contributed by atoms with Crippen LogP contribution in [0.15, 0.2) is 48.5 Å². The second-order valence-corrected chi connectivity index (χ2v) is 4.95. The van der Waals surface area contributed by atoms with Gasteiger partial charge in [-0.1, -0.05) is 12.1 Å². The highest BCUT2D eigenvalue weighted by Gasteiger charge is 2.07. The van der Waals surface area contributed by atoms with Crippen molar-refractivity contribution in [3.63, 3.8) is 0 Å². The monoisotopic (exact) mass is 299 g/mol. The van der Waals surface area contributed by atoms with E-state index in [0.717, 1.165) is 11.4 Å². The Balaban J connectivity index is 2.01. The first-order valence-corrected chi connectivity index (χ1v) is 7.17. The number of carbonyl (C=O) groups excluding carboxylic acids is 1. The van der Waals surface area contributed by atoms with Crippen LogP contribution in [-0.4, -0.2) is 26.7 Å². The van der Waals surface area contributed by atoms with Crippen LogP contribution in [0.1, 0.15) is 6.92 Å². The van der Waals surface area contributed by atoms with Crippen LogP contribution in [-0.2, 0) is 0 Å². The summed E-state index contributed by atoms with van der Waals surface area (Å²) in [5, 5.41) is 5.60. The Hall–Kier alpha value is -2.69. The zero-order chi connectivity index (χ0) is 15.9. The molecule has 2 N–H and O–H groups in total. The van der Waals surface area contributed by atoms with Crippen molar-refractivity contribution >= 4 is 23.1 Å². The van der Waals surface area contributed by atoms with Crippen molar-refractivity contribution in [3.05, 3.63) is 48.5 Å². The van der Waals surface area contributed by atoms with E-state index in [2.05, 4.69) is 10.6 Å². The Morgan fingerprint density at radius 3 is 2.36 bits per heavy atom. The van der Waals surface area contributed by atoms with E-state index in [1.54, 1.807) is 6.07 Å². The van der Waals surface area contributed by atoms with Crippen molar-refractivity contribution in [2.75, 3.05) is 36.2 Å². The van der Waals surface area contributed by atoms with Crippen LogP contribution < -0.4 is 20.3 Å². The Labute approximate surface area is 130 Å². The molecule has 116 valence electrons. The molecule has 0 radical (unpaired) electrons. The lowest BCUT2D eigenvalue weighted by molar-refractivity contribution is 0.262. The molecule has 0 aliphatic rings. The van der Waals surface area contributed by atoms with Crippen molar-refractivity contribution in [1.82, 2.24) is 0 Å². The molecule has 0 aromatic heterocycles. The quantitative estimate of drug-likeness (QED) is 0.883. The average molecular weight is 299 g/mol. The lowest BCUT2D eigenvalue weighted by Crippen LogP contribution is -2.20. The Kier molecular flexibility index (Phi) is 5.25. The van der Waals surface area contributed by atoms with Crippen LogP contribution in [0.5, 0.6) is 5.75 Å². The second-order valence-electron chi connectivity index (χ2n) is 4.95. The summed E-state index contributed by atoms with van der Waals surface area (Å²) in [6.07, 6.45) is 0. The zero-order valence-electron chi connectivity index (χ0n) is 13.1. The Bertz CT molecular complexity index is 624. The van der Waals surface area contributed by atoms with Gasteiger partial charge >= 0.3 is 6.03 Å². The molecule has 0 heterocycles. The van der Waals surface area contributed by atoms with Crippen LogP contribution in [0.2, 0.25) is 0 Å². The molecule has 2 aromatic carbocycles. The fourth-order valence-electron chi connectivity index (χ4n) is 1.98. The molecule has 5 heteroatoms. The molecule has 2 rings (SSSR count). The standard InChI is InChI=1S/C17H21N3O2/c1-4-22-16-8-6-5-7-15(16)19-17(21)18-13-9-11-14(12-10-13)20(2)3/h5-12H,4H2,1-3H3,(H2,18,19,21). The maximum absolute atomic E-state index is 12.1. The van der Waals surface area contributed by atoms with E-state index in [9.17, 15) is 4.79 Å². The van der Waals surface area contributed by atoms with Crippen LogP contribution in [0.3, 0.4) is 0 Å². The largest absolute Gasteiger partial charge is 0.492 e. The van der Waals surface area contributed by atoms with E-state index in [0.29, 0.717) is 18.0 Å². The lowest BCUT2D eigenvalue weighted by Gasteiger charge is -2.14. The molecule has 0 bridgehead atoms. The zero-order valence-corrected chi connectivity index (χ0v) is 13.1. The molecule has 0 atom stereocenters. The summed E-state index contributed by atoms with van der Waals surface area (Å²) in [5.74, 6) is 0.656. The predicted octanol–water partition coefficient (Wildman–Crippen LogP) is 3.80. The third-order valence-electron chi connectivity index (χ3n) is 3.08. The lowest BCUT2D eigenvalue weighted by atomic mass is 10.2. The molecule has 0 spiro atoms. The van der Waals surface area contributed by atoms with Crippen molar-refractivity contribution in [3.8, 4) is 5.75 Å². The summed E-state index contributed by atoms with van der Waals surface area (Å²) < 4.78 is 5.48. The molecular formula is C17H21N3O2. The van der Waals surface area contributed by atoms with Gasteiger partial charge in [0.15, 0.2) is 0 Å². The van der Waals surface area contributed by atoms with Gasteiger partial charge in [0.25, 0.3) is 0 Å². The minimum Gasteiger partial charge on any atom is -0.492 e. The topological polar surface area (TPSA) is 53.6 Å². The molecule has 2 amide bonds. The summed E-state index contributed by atoms with van der Waals surface area (Å²) in [6, 6.07) is 14.7. The number of para-hydroxylation sites is 2. The number of hydrogen-bond donors (Lipinski definition) is 2. The van der Waals surface area contributed by atoms with E-state index in [1.165, 1.54) is 0 Å². The fraction of sp³-hybridized carbons (Fsp3) is 0.235. The summed E-state index contributed by atoms with van der Waals surface area (Å²) in [6.45, 7) is 2.45. The predicted molar refractivity (Wildman–Crippen MR) is 91.0 cm³/mol. The first kappa shape index (κ1) is 15.7. The highest BCUT2D eigenvalue weighted by Crippen LogP contribution is 2.24. The second kappa shape index (κ2) is 7.36. The number of benzene rings is 2. The number of amides is 2. The third kappa shape index (κ3) is 4.15. The van der Waals surface area contributed by atoms with Crippen molar-refractivity contribution < 1.29 is 9.53 Å². The first-order valence-electron chi connectivity index (χ1n) is 7.17. The van der Waals surface area contributed by atoms with Gasteiger partial charge in [-0.2, -0.15) is 0 Å². The maximum atomic E-state index is 12.1. The number of rotatable bonds is 5. The van der Waals surface area contributed by atoms with Gasteiger partial charge in [0.2, 0.25) is 0 Å². The molecule has 22 heavy (non-hydrogen) atoms. The van der Waals surface area contributed by atoms with Gasteiger partial charge in [0.05, 0.1) is 12.3 Å². The molecule has 0 saturated heterocycles. The smallest absolute Gasteiger partial charge is 0.323 e. The van der Waals surface area contributed by atoms with Gasteiger partial charge in [-0.15, -0.1) is 0 Å². The van der Waals surface area contributed by atoms with Crippen LogP contribution in [0.25, 0.3) is 0 Å². The highest BCUT2D eigenvalue weighted by atomic mass is 16.5. The van der Waals surface area contributed by atoms with Gasteiger partial charge in [-0.3, -0.25) is 0 Å². The average Bonchev–Trinajstić information content (AvgIpc) is 2.50. The van der Waals surface area contributed by atoms with Crippen molar-refractivity contribution in [1.29, 1.82) is 0 Å². The van der Waals surface area contributed by atoms with Gasteiger partial charge in [-0.05, 0) is 43.3 Å². The summed E-state index contributed by atoms with van der Waals surface area (Å²) in [4.78, 5) is 14.1. The molecular weight excluding hydrogens is 278 g/mol. The van der Waals surface area contributed by atoms with E-state index in [-0.39, 0.29) is 6.03 Å². The summed E-state index contributed by atoms with van der Waals surface area (Å²) in [5.41, 5.74) is 2.46. The van der Waals surface area contributed by atoms with Crippen LogP contribution in [0.4, 0.5) is 21.9 Å². The van der Waals surface area contributed by atoms with Gasteiger partial charge in [0, 0.05) is 25.5 Å². The number of ether oxygens (including phenoxy) is 1. The number of nitrogens with zero attached hydrogens (tertiary/aromatic N) is 1. The molecule has 0 aliphatic heterocycles. The molecule has 2 aromatic rings. The number of carbonyl (C=O) groups is 1. The number of anilines is 3. The molecule has 0 saturated carbocycles. The van der Waals surface area contributed by atoms with Crippen LogP contribution >= 0.6 is 0 Å². The Morgan fingerprint density at radius 1 is 1.05 bits per heavy atom. The molecule has 0 aliphatic carbocycles. The maximum Gasteiger partial charge on any atom is 0.323 e. The molecule has 0 fully saturated rings. The highest BCUT2D eigenvalue weighted by molar-refractivity contribution is 6.00. The number of hydrogen-bond acceptors (Lipinski definition) is 3. The van der Waals surface area contributed by atoms with Crippen molar-refractivity contribution in [2.24, 2.45) is 0 Å². The van der Waals surface area contributed by atoms with Gasteiger partial charge < -0.3 is 20.3 Å². The normalized spacial score (nSPS) is 9.95. The van der Waals surface area contributed by atoms with Gasteiger partial charge in [-0.25, -0.2) is 4.79 Å². The van der Waals surface area contributed by atoms with E-state index < -0.39 is 0 Å². The molecule has 5 nitrogen and oxygen atoms in total. The fourth-order valence-corrected chi connectivity index (χ4v) is 1.98. The minimum atomic E-state index is -0.301.